The average molecular weight is 486 g/mol. The molecule has 0 unspecified atom stereocenters. The maximum atomic E-state index is 12.0. The fourth-order valence-electron chi connectivity index (χ4n) is 3.19. The van der Waals surface area contributed by atoms with Crippen LogP contribution in [0.15, 0.2) is 47.2 Å². The predicted octanol–water partition coefficient (Wildman–Crippen LogP) is 5.74. The number of hydrogen-bond acceptors (Lipinski definition) is 7. The van der Waals surface area contributed by atoms with Crippen molar-refractivity contribution in [3.8, 4) is 17.5 Å². The lowest BCUT2D eigenvalue weighted by molar-refractivity contribution is 0.0705. The lowest BCUT2D eigenvalue weighted by Gasteiger charge is -2.12. The van der Waals surface area contributed by atoms with Crippen LogP contribution in [0.4, 0.5) is 4.79 Å². The van der Waals surface area contributed by atoms with Gasteiger partial charge in [0, 0.05) is 40.1 Å². The molecule has 0 saturated heterocycles. The van der Waals surface area contributed by atoms with Crippen LogP contribution < -0.4 is 9.47 Å². The fourth-order valence-corrected chi connectivity index (χ4v) is 3.42. The standard InChI is InChI=1S/C22H20BrN3O5/c1-12(2)29-22(27)31-21-16(11-28-3)20-15-8-14(30-19-7-4-13(23)9-24-19)5-6-17(15)26-18(20)10-25-21/h4-10,12,26H,11H2,1-3H3. The zero-order chi connectivity index (χ0) is 22.0. The van der Waals surface area contributed by atoms with Crippen molar-refractivity contribution in [3.05, 3.63) is 52.8 Å². The molecule has 1 aromatic carbocycles. The Morgan fingerprint density at radius 1 is 1.13 bits per heavy atom. The molecule has 0 aliphatic carbocycles. The molecule has 0 spiro atoms. The molecular formula is C22H20BrN3O5. The Labute approximate surface area is 186 Å². The Morgan fingerprint density at radius 3 is 2.68 bits per heavy atom. The van der Waals surface area contributed by atoms with Crippen molar-refractivity contribution in [2.24, 2.45) is 0 Å². The Morgan fingerprint density at radius 2 is 1.97 bits per heavy atom. The van der Waals surface area contributed by atoms with Crippen molar-refractivity contribution in [1.29, 1.82) is 0 Å². The van der Waals surface area contributed by atoms with Crippen LogP contribution >= 0.6 is 15.9 Å². The Balaban J connectivity index is 1.78. The Kier molecular flexibility index (Phi) is 6.06. The van der Waals surface area contributed by atoms with Crippen LogP contribution in [0.3, 0.4) is 0 Å². The van der Waals surface area contributed by atoms with Gasteiger partial charge in [0.1, 0.15) is 5.75 Å². The van der Waals surface area contributed by atoms with Crippen molar-refractivity contribution < 1.29 is 23.7 Å². The molecule has 4 rings (SSSR count). The van der Waals surface area contributed by atoms with Crippen LogP contribution in [-0.2, 0) is 16.1 Å². The number of aromatic amines is 1. The maximum absolute atomic E-state index is 12.0. The molecule has 0 bridgehead atoms. The van der Waals surface area contributed by atoms with Crippen molar-refractivity contribution in [3.63, 3.8) is 0 Å². The first-order valence-corrected chi connectivity index (χ1v) is 10.3. The number of nitrogens with zero attached hydrogens (tertiary/aromatic N) is 2. The minimum atomic E-state index is -0.815. The normalized spacial score (nSPS) is 11.3. The van der Waals surface area contributed by atoms with Crippen molar-refractivity contribution in [1.82, 2.24) is 15.0 Å². The van der Waals surface area contributed by atoms with Crippen LogP contribution in [0, 0.1) is 0 Å². The number of carbonyl (C=O) groups is 1. The second-order valence-electron chi connectivity index (χ2n) is 7.03. The molecule has 3 heterocycles. The summed E-state index contributed by atoms with van der Waals surface area (Å²) in [6.07, 6.45) is 2.16. The molecule has 8 nitrogen and oxygen atoms in total. The number of hydrogen-bond donors (Lipinski definition) is 1. The minimum absolute atomic E-state index is 0.141. The summed E-state index contributed by atoms with van der Waals surface area (Å²) in [5.74, 6) is 1.23. The second kappa shape index (κ2) is 8.91. The van der Waals surface area contributed by atoms with E-state index >= 15 is 0 Å². The molecule has 0 radical (unpaired) electrons. The van der Waals surface area contributed by atoms with E-state index in [-0.39, 0.29) is 18.6 Å². The van der Waals surface area contributed by atoms with Gasteiger partial charge in [0.2, 0.25) is 11.8 Å². The summed E-state index contributed by atoms with van der Waals surface area (Å²) in [5.41, 5.74) is 2.29. The summed E-state index contributed by atoms with van der Waals surface area (Å²) in [5, 5.41) is 1.70. The molecule has 0 saturated carbocycles. The van der Waals surface area contributed by atoms with Gasteiger partial charge in [-0.1, -0.05) is 0 Å². The zero-order valence-electron chi connectivity index (χ0n) is 17.1. The Hall–Kier alpha value is -3.17. The van der Waals surface area contributed by atoms with E-state index in [4.69, 9.17) is 18.9 Å². The first-order valence-electron chi connectivity index (χ1n) is 9.54. The van der Waals surface area contributed by atoms with Crippen molar-refractivity contribution >= 4 is 43.9 Å². The van der Waals surface area contributed by atoms with Gasteiger partial charge in [0.25, 0.3) is 0 Å². The number of benzene rings is 1. The van der Waals surface area contributed by atoms with E-state index in [1.165, 1.54) is 0 Å². The molecule has 0 atom stereocenters. The summed E-state index contributed by atoms with van der Waals surface area (Å²) >= 11 is 3.36. The van der Waals surface area contributed by atoms with Crippen molar-refractivity contribution in [2.45, 2.75) is 26.6 Å². The molecule has 0 aliphatic heterocycles. The van der Waals surface area contributed by atoms with E-state index in [0.29, 0.717) is 17.2 Å². The quantitative estimate of drug-likeness (QED) is 0.348. The molecule has 0 aliphatic rings. The molecule has 31 heavy (non-hydrogen) atoms. The molecule has 9 heteroatoms. The van der Waals surface area contributed by atoms with Gasteiger partial charge in [-0.25, -0.2) is 14.8 Å². The van der Waals surface area contributed by atoms with Gasteiger partial charge in [-0.3, -0.25) is 0 Å². The molecule has 0 amide bonds. The van der Waals surface area contributed by atoms with Crippen LogP contribution in [0.25, 0.3) is 21.8 Å². The SMILES string of the molecule is COCc1c(OC(=O)OC(C)C)ncc2[nH]c3ccc(Oc4ccc(Br)cn4)cc3c12. The molecule has 3 aromatic heterocycles. The number of pyridine rings is 2. The third kappa shape index (κ3) is 4.62. The van der Waals surface area contributed by atoms with Gasteiger partial charge in [0.05, 0.1) is 30.0 Å². The number of rotatable bonds is 6. The van der Waals surface area contributed by atoms with Gasteiger partial charge in [-0.15, -0.1) is 0 Å². The highest BCUT2D eigenvalue weighted by Gasteiger charge is 2.19. The molecular weight excluding hydrogens is 466 g/mol. The fraction of sp³-hybridized carbons (Fsp3) is 0.227. The molecule has 4 aromatic rings. The number of H-pyrrole nitrogens is 1. The van der Waals surface area contributed by atoms with Crippen molar-refractivity contribution in [2.75, 3.05) is 7.11 Å². The van der Waals surface area contributed by atoms with Gasteiger partial charge < -0.3 is 23.9 Å². The second-order valence-corrected chi connectivity index (χ2v) is 7.95. The number of aromatic nitrogens is 3. The van der Waals surface area contributed by atoms with E-state index in [9.17, 15) is 4.79 Å². The van der Waals surface area contributed by atoms with E-state index in [0.717, 1.165) is 26.3 Å². The van der Waals surface area contributed by atoms with Crippen LogP contribution in [-0.4, -0.2) is 34.3 Å². The molecule has 0 fully saturated rings. The third-order valence-electron chi connectivity index (χ3n) is 4.39. The number of nitrogens with one attached hydrogen (secondary N) is 1. The summed E-state index contributed by atoms with van der Waals surface area (Å²) in [6.45, 7) is 3.69. The highest BCUT2D eigenvalue weighted by atomic mass is 79.9. The predicted molar refractivity (Wildman–Crippen MR) is 119 cm³/mol. The number of methoxy groups -OCH3 is 1. The summed E-state index contributed by atoms with van der Waals surface area (Å²) in [7, 11) is 1.57. The summed E-state index contributed by atoms with van der Waals surface area (Å²) in [6, 6.07) is 9.29. The highest BCUT2D eigenvalue weighted by molar-refractivity contribution is 9.10. The smallest absolute Gasteiger partial charge is 0.439 e. The summed E-state index contributed by atoms with van der Waals surface area (Å²) < 4.78 is 22.6. The first-order chi connectivity index (χ1) is 14.9. The third-order valence-corrected chi connectivity index (χ3v) is 4.86. The highest BCUT2D eigenvalue weighted by Crippen LogP contribution is 2.35. The van der Waals surface area contributed by atoms with Gasteiger partial charge in [-0.05, 0) is 54.0 Å². The van der Waals surface area contributed by atoms with E-state index in [2.05, 4.69) is 30.9 Å². The van der Waals surface area contributed by atoms with Crippen LogP contribution in [0.2, 0.25) is 0 Å². The summed E-state index contributed by atoms with van der Waals surface area (Å²) in [4.78, 5) is 23.9. The zero-order valence-corrected chi connectivity index (χ0v) is 18.7. The topological polar surface area (TPSA) is 95.6 Å². The van der Waals surface area contributed by atoms with E-state index in [1.807, 2.05) is 24.3 Å². The number of fused-ring (bicyclic) bond motifs is 3. The average Bonchev–Trinajstić information content (AvgIpc) is 3.09. The van der Waals surface area contributed by atoms with Crippen LogP contribution in [0.1, 0.15) is 19.4 Å². The maximum Gasteiger partial charge on any atom is 0.515 e. The molecule has 1 N–H and O–H groups in total. The largest absolute Gasteiger partial charge is 0.515 e. The lowest BCUT2D eigenvalue weighted by atomic mass is 10.1. The first kappa shape index (κ1) is 21.1. The molecule has 160 valence electrons. The van der Waals surface area contributed by atoms with Crippen LogP contribution in [0.5, 0.6) is 17.5 Å². The van der Waals surface area contributed by atoms with E-state index < -0.39 is 6.16 Å². The van der Waals surface area contributed by atoms with E-state index in [1.54, 1.807) is 39.4 Å². The van der Waals surface area contributed by atoms with Gasteiger partial charge in [-0.2, -0.15) is 0 Å². The number of halogens is 1. The van der Waals surface area contributed by atoms with Gasteiger partial charge >= 0.3 is 6.16 Å². The monoisotopic (exact) mass is 485 g/mol. The Bertz CT molecular complexity index is 1240. The minimum Gasteiger partial charge on any atom is -0.439 e. The lowest BCUT2D eigenvalue weighted by Crippen LogP contribution is -2.17. The number of carbonyl (C=O) groups excluding carboxylic acids is 1. The number of ether oxygens (including phenoxy) is 4. The van der Waals surface area contributed by atoms with Gasteiger partial charge in [0.15, 0.2) is 0 Å².